The smallest absolute Gasteiger partial charge is 0.278 e. The molecule has 0 N–H and O–H groups in total. The van der Waals surface area contributed by atoms with Gasteiger partial charge in [0.05, 0.1) is 22.4 Å². The van der Waals surface area contributed by atoms with E-state index in [1.807, 2.05) is 10.6 Å². The minimum atomic E-state index is -0.369. The summed E-state index contributed by atoms with van der Waals surface area (Å²) < 4.78 is 7.67. The van der Waals surface area contributed by atoms with Gasteiger partial charge in [-0.2, -0.15) is 0 Å². The number of non-ortho nitro benzene ring substituents is 1. The van der Waals surface area contributed by atoms with Crippen LogP contribution in [0.4, 0.5) is 5.69 Å². The molecule has 0 spiro atoms. The van der Waals surface area contributed by atoms with Crippen LogP contribution in [-0.2, 0) is 4.74 Å². The van der Waals surface area contributed by atoms with Gasteiger partial charge in [0, 0.05) is 12.3 Å². The van der Waals surface area contributed by atoms with Crippen molar-refractivity contribution in [3.05, 3.63) is 65.4 Å². The van der Waals surface area contributed by atoms with Crippen LogP contribution >= 0.6 is 0 Å². The van der Waals surface area contributed by atoms with Gasteiger partial charge in [-0.1, -0.05) is 31.7 Å². The van der Waals surface area contributed by atoms with Gasteiger partial charge < -0.3 is 9.30 Å². The number of aromatic nitrogens is 1. The third-order valence-electron chi connectivity index (χ3n) is 3.39. The first-order valence-corrected chi connectivity index (χ1v) is 7.32. The standard InChI is InChI=1S/C17H20N2O3/c1-3-5-6-7-13-22-17(4-2)18-12-11-14-15(18)9-8-10-16(14)19(20)21/h4-6,8-12,17H,2-3,7,13H2,1H3/b6-5-/t17-/m0/s1. The van der Waals surface area contributed by atoms with Gasteiger partial charge in [-0.05, 0) is 31.1 Å². The minimum Gasteiger partial charge on any atom is -0.354 e. The molecule has 1 aromatic heterocycles. The number of rotatable bonds is 8. The van der Waals surface area contributed by atoms with Gasteiger partial charge in [0.1, 0.15) is 0 Å². The molecule has 0 saturated heterocycles. The molecule has 1 heterocycles. The molecular formula is C17H20N2O3. The van der Waals surface area contributed by atoms with E-state index in [1.165, 1.54) is 6.07 Å². The van der Waals surface area contributed by atoms with E-state index in [9.17, 15) is 10.1 Å². The van der Waals surface area contributed by atoms with Crippen molar-refractivity contribution in [2.24, 2.45) is 0 Å². The van der Waals surface area contributed by atoms with Gasteiger partial charge in [-0.3, -0.25) is 10.1 Å². The zero-order chi connectivity index (χ0) is 15.9. The van der Waals surface area contributed by atoms with Crippen LogP contribution in [-0.4, -0.2) is 16.1 Å². The van der Waals surface area contributed by atoms with Crippen molar-refractivity contribution in [1.29, 1.82) is 0 Å². The number of hydrogen-bond donors (Lipinski definition) is 0. The zero-order valence-corrected chi connectivity index (χ0v) is 12.6. The molecule has 0 bridgehead atoms. The first kappa shape index (κ1) is 16.0. The van der Waals surface area contributed by atoms with E-state index in [0.717, 1.165) is 18.4 Å². The zero-order valence-electron chi connectivity index (χ0n) is 12.6. The summed E-state index contributed by atoms with van der Waals surface area (Å²) in [7, 11) is 0. The molecule has 22 heavy (non-hydrogen) atoms. The molecule has 2 rings (SSSR count). The fourth-order valence-corrected chi connectivity index (χ4v) is 2.36. The Bertz CT molecular complexity index is 688. The summed E-state index contributed by atoms with van der Waals surface area (Å²) in [5, 5.41) is 11.7. The number of ether oxygens (including phenoxy) is 1. The number of benzene rings is 1. The summed E-state index contributed by atoms with van der Waals surface area (Å²) in [6.07, 6.45) is 9.18. The molecule has 0 amide bonds. The van der Waals surface area contributed by atoms with Crippen molar-refractivity contribution < 1.29 is 9.66 Å². The third-order valence-corrected chi connectivity index (χ3v) is 3.39. The predicted octanol–water partition coefficient (Wildman–Crippen LogP) is 4.61. The summed E-state index contributed by atoms with van der Waals surface area (Å²) in [5.74, 6) is 0. The second kappa shape index (κ2) is 7.56. The van der Waals surface area contributed by atoms with Gasteiger partial charge in [0.2, 0.25) is 0 Å². The summed E-state index contributed by atoms with van der Waals surface area (Å²) in [6.45, 7) is 6.46. The summed E-state index contributed by atoms with van der Waals surface area (Å²) in [6, 6.07) is 6.77. The topological polar surface area (TPSA) is 57.3 Å². The average molecular weight is 300 g/mol. The largest absolute Gasteiger partial charge is 0.354 e. The number of allylic oxidation sites excluding steroid dienone is 1. The first-order chi connectivity index (χ1) is 10.7. The minimum absolute atomic E-state index is 0.102. The van der Waals surface area contributed by atoms with Gasteiger partial charge in [-0.25, -0.2) is 0 Å². The number of nitro benzene ring substituents is 1. The van der Waals surface area contributed by atoms with E-state index >= 15 is 0 Å². The fourth-order valence-electron chi connectivity index (χ4n) is 2.36. The molecule has 0 fully saturated rings. The van der Waals surface area contributed by atoms with Crippen molar-refractivity contribution in [2.45, 2.75) is 26.0 Å². The van der Waals surface area contributed by atoms with Crippen LogP contribution in [0.25, 0.3) is 10.9 Å². The average Bonchev–Trinajstić information content (AvgIpc) is 2.94. The second-order valence-corrected chi connectivity index (χ2v) is 4.86. The van der Waals surface area contributed by atoms with E-state index in [1.54, 1.807) is 24.4 Å². The maximum atomic E-state index is 11.1. The monoisotopic (exact) mass is 300 g/mol. The lowest BCUT2D eigenvalue weighted by Crippen LogP contribution is -2.10. The van der Waals surface area contributed by atoms with Crippen molar-refractivity contribution >= 4 is 16.6 Å². The second-order valence-electron chi connectivity index (χ2n) is 4.86. The lowest BCUT2D eigenvalue weighted by Gasteiger charge is -2.16. The van der Waals surface area contributed by atoms with Crippen LogP contribution < -0.4 is 0 Å². The summed E-state index contributed by atoms with van der Waals surface area (Å²) in [4.78, 5) is 10.7. The Labute approximate surface area is 129 Å². The Hall–Kier alpha value is -2.40. The van der Waals surface area contributed by atoms with Crippen LogP contribution in [0.5, 0.6) is 0 Å². The highest BCUT2D eigenvalue weighted by Crippen LogP contribution is 2.29. The van der Waals surface area contributed by atoms with Crippen LogP contribution in [0, 0.1) is 10.1 Å². The van der Waals surface area contributed by atoms with Gasteiger partial charge in [0.25, 0.3) is 5.69 Å². The highest BCUT2D eigenvalue weighted by atomic mass is 16.6. The van der Waals surface area contributed by atoms with E-state index in [0.29, 0.717) is 12.0 Å². The molecule has 1 atom stereocenters. The van der Waals surface area contributed by atoms with Gasteiger partial charge in [-0.15, -0.1) is 0 Å². The molecule has 2 aromatic rings. The first-order valence-electron chi connectivity index (χ1n) is 7.32. The fraction of sp³-hybridized carbons (Fsp3) is 0.294. The number of fused-ring (bicyclic) bond motifs is 1. The molecule has 0 aliphatic heterocycles. The van der Waals surface area contributed by atoms with Crippen molar-refractivity contribution in [3.8, 4) is 0 Å². The van der Waals surface area contributed by atoms with Crippen LogP contribution in [0.15, 0.2) is 55.3 Å². The SMILES string of the molecule is C=C[C@H](OCC/C=C\CC)n1ccc2c([N+](=O)[O-])cccc21. The van der Waals surface area contributed by atoms with Crippen LogP contribution in [0.2, 0.25) is 0 Å². The van der Waals surface area contributed by atoms with E-state index in [4.69, 9.17) is 4.74 Å². The molecule has 0 radical (unpaired) electrons. The van der Waals surface area contributed by atoms with E-state index < -0.39 is 0 Å². The summed E-state index contributed by atoms with van der Waals surface area (Å²) >= 11 is 0. The normalized spacial score (nSPS) is 12.8. The molecule has 0 unspecified atom stereocenters. The van der Waals surface area contributed by atoms with E-state index in [2.05, 4.69) is 25.7 Å². The van der Waals surface area contributed by atoms with Gasteiger partial charge in [0.15, 0.2) is 6.23 Å². The Morgan fingerprint density at radius 1 is 1.41 bits per heavy atom. The highest BCUT2D eigenvalue weighted by Gasteiger charge is 2.16. The molecule has 1 aromatic carbocycles. The Morgan fingerprint density at radius 2 is 2.23 bits per heavy atom. The van der Waals surface area contributed by atoms with Crippen LogP contribution in [0.3, 0.4) is 0 Å². The quantitative estimate of drug-likeness (QED) is 0.310. The highest BCUT2D eigenvalue weighted by molar-refractivity contribution is 5.89. The Balaban J connectivity index is 2.21. The van der Waals surface area contributed by atoms with E-state index in [-0.39, 0.29) is 16.8 Å². The molecule has 116 valence electrons. The predicted molar refractivity (Wildman–Crippen MR) is 87.8 cm³/mol. The molecule has 5 nitrogen and oxygen atoms in total. The number of nitrogens with zero attached hydrogens (tertiary/aromatic N) is 2. The van der Waals surface area contributed by atoms with Gasteiger partial charge >= 0.3 is 0 Å². The molecule has 0 aliphatic carbocycles. The lowest BCUT2D eigenvalue weighted by atomic mass is 10.2. The summed E-state index contributed by atoms with van der Waals surface area (Å²) in [5.41, 5.74) is 0.869. The third kappa shape index (κ3) is 3.43. The lowest BCUT2D eigenvalue weighted by molar-refractivity contribution is -0.383. The Morgan fingerprint density at radius 3 is 2.91 bits per heavy atom. The molecule has 0 saturated carbocycles. The Kier molecular flexibility index (Phi) is 5.49. The maximum absolute atomic E-state index is 11.1. The van der Waals surface area contributed by atoms with Crippen molar-refractivity contribution in [2.75, 3.05) is 6.61 Å². The van der Waals surface area contributed by atoms with Crippen molar-refractivity contribution in [1.82, 2.24) is 4.57 Å². The molecule has 0 aliphatic rings. The molecular weight excluding hydrogens is 280 g/mol. The van der Waals surface area contributed by atoms with Crippen LogP contribution in [0.1, 0.15) is 26.0 Å². The number of nitro groups is 1. The molecule has 5 heteroatoms. The number of hydrogen-bond acceptors (Lipinski definition) is 3. The van der Waals surface area contributed by atoms with Crippen molar-refractivity contribution in [3.63, 3.8) is 0 Å². The maximum Gasteiger partial charge on any atom is 0.278 e.